The summed E-state index contributed by atoms with van der Waals surface area (Å²) in [6.45, 7) is 4.83. The van der Waals surface area contributed by atoms with E-state index in [4.69, 9.17) is 9.47 Å². The van der Waals surface area contributed by atoms with Crippen LogP contribution in [0, 0.1) is 35.5 Å². The van der Waals surface area contributed by atoms with E-state index in [1.165, 1.54) is 0 Å². The van der Waals surface area contributed by atoms with Crippen molar-refractivity contribution >= 4 is 23.8 Å². The minimum Gasteiger partial charge on any atom is -0.466 e. The Morgan fingerprint density at radius 3 is 2.13 bits per heavy atom. The van der Waals surface area contributed by atoms with Crippen LogP contribution in [0.1, 0.15) is 58.8 Å². The Labute approximate surface area is 184 Å². The normalized spacial score (nSPS) is 30.5. The van der Waals surface area contributed by atoms with E-state index in [9.17, 15) is 19.2 Å². The topological polar surface area (TPSA) is 111 Å². The van der Waals surface area contributed by atoms with Gasteiger partial charge in [-0.05, 0) is 69.1 Å². The monoisotopic (exact) mass is 436 g/mol. The average molecular weight is 437 g/mol. The van der Waals surface area contributed by atoms with Crippen LogP contribution < -0.4 is 10.6 Å². The molecule has 0 aliphatic heterocycles. The predicted octanol–water partition coefficient (Wildman–Crippen LogP) is 1.81. The maximum atomic E-state index is 12.8. The molecule has 0 aromatic rings. The molecule has 8 heteroatoms. The largest absolute Gasteiger partial charge is 0.466 e. The summed E-state index contributed by atoms with van der Waals surface area (Å²) >= 11 is 0. The van der Waals surface area contributed by atoms with E-state index >= 15 is 0 Å². The van der Waals surface area contributed by atoms with Gasteiger partial charge in [0.1, 0.15) is 0 Å². The zero-order valence-corrected chi connectivity index (χ0v) is 18.7. The van der Waals surface area contributed by atoms with Crippen molar-refractivity contribution in [1.82, 2.24) is 10.6 Å². The van der Waals surface area contributed by atoms with Gasteiger partial charge in [0.05, 0.1) is 26.1 Å². The third kappa shape index (κ3) is 5.77. The number of ether oxygens (including phenoxy) is 2. The van der Waals surface area contributed by atoms with E-state index in [1.54, 1.807) is 13.8 Å². The highest BCUT2D eigenvalue weighted by Gasteiger charge is 2.58. The maximum absolute atomic E-state index is 12.8. The van der Waals surface area contributed by atoms with E-state index in [0.717, 1.165) is 25.7 Å². The van der Waals surface area contributed by atoms with E-state index in [-0.39, 0.29) is 42.5 Å². The number of amides is 2. The van der Waals surface area contributed by atoms with Crippen LogP contribution in [0.4, 0.5) is 0 Å². The molecule has 0 radical (unpaired) electrons. The molecule has 3 aliphatic rings. The van der Waals surface area contributed by atoms with Crippen molar-refractivity contribution in [1.29, 1.82) is 0 Å². The molecule has 2 amide bonds. The van der Waals surface area contributed by atoms with Crippen molar-refractivity contribution in [3.63, 3.8) is 0 Å². The summed E-state index contributed by atoms with van der Waals surface area (Å²) in [4.78, 5) is 48.1. The van der Waals surface area contributed by atoms with Crippen molar-refractivity contribution in [3.8, 4) is 0 Å². The van der Waals surface area contributed by atoms with Gasteiger partial charge in [-0.25, -0.2) is 0 Å². The van der Waals surface area contributed by atoms with Crippen molar-refractivity contribution < 1.29 is 28.7 Å². The summed E-state index contributed by atoms with van der Waals surface area (Å²) in [5.41, 5.74) is 0. The third-order valence-electron chi connectivity index (χ3n) is 7.33. The van der Waals surface area contributed by atoms with Crippen molar-refractivity contribution in [3.05, 3.63) is 0 Å². The first-order valence-electron chi connectivity index (χ1n) is 11.8. The van der Waals surface area contributed by atoms with Crippen molar-refractivity contribution in [2.45, 2.75) is 58.8 Å². The minimum atomic E-state index is -0.298. The second-order valence-corrected chi connectivity index (χ2v) is 9.04. The van der Waals surface area contributed by atoms with Gasteiger partial charge in [-0.2, -0.15) is 0 Å². The molecule has 2 bridgehead atoms. The Morgan fingerprint density at radius 2 is 1.48 bits per heavy atom. The summed E-state index contributed by atoms with van der Waals surface area (Å²) < 4.78 is 9.79. The highest BCUT2D eigenvalue weighted by atomic mass is 16.5. The molecular formula is C23H36N2O6. The molecule has 0 spiro atoms. The number of esters is 2. The van der Waals surface area contributed by atoms with Crippen LogP contribution in [0.2, 0.25) is 0 Å². The third-order valence-corrected chi connectivity index (χ3v) is 7.33. The smallest absolute Gasteiger partial charge is 0.307 e. The fourth-order valence-corrected chi connectivity index (χ4v) is 6.28. The number of carbonyl (C=O) groups is 4. The molecule has 0 saturated heterocycles. The van der Waals surface area contributed by atoms with Crippen LogP contribution in [0.25, 0.3) is 0 Å². The molecule has 6 unspecified atom stereocenters. The molecule has 3 aliphatic carbocycles. The molecule has 0 heterocycles. The summed E-state index contributed by atoms with van der Waals surface area (Å²) in [7, 11) is 0. The molecular weight excluding hydrogens is 400 g/mol. The summed E-state index contributed by atoms with van der Waals surface area (Å²) in [5, 5.41) is 5.76. The van der Waals surface area contributed by atoms with Crippen LogP contribution in [0.5, 0.6) is 0 Å². The van der Waals surface area contributed by atoms with Gasteiger partial charge in [0.15, 0.2) is 0 Å². The van der Waals surface area contributed by atoms with Gasteiger partial charge in [0, 0.05) is 25.4 Å². The first-order chi connectivity index (χ1) is 14.9. The summed E-state index contributed by atoms with van der Waals surface area (Å²) in [6.07, 6.45) is 5.02. The van der Waals surface area contributed by atoms with Gasteiger partial charge >= 0.3 is 11.9 Å². The van der Waals surface area contributed by atoms with Gasteiger partial charge in [-0.15, -0.1) is 0 Å². The lowest BCUT2D eigenvalue weighted by Crippen LogP contribution is -2.40. The number of fused-ring (bicyclic) bond motifs is 5. The number of hydrogen-bond acceptors (Lipinski definition) is 6. The van der Waals surface area contributed by atoms with Gasteiger partial charge in [0.25, 0.3) is 0 Å². The zero-order chi connectivity index (χ0) is 22.4. The Bertz CT molecular complexity index is 681. The van der Waals surface area contributed by atoms with Gasteiger partial charge < -0.3 is 20.1 Å². The van der Waals surface area contributed by atoms with Gasteiger partial charge in [-0.1, -0.05) is 0 Å². The minimum absolute atomic E-state index is 0.0130. The predicted molar refractivity (Wildman–Crippen MR) is 113 cm³/mol. The van der Waals surface area contributed by atoms with Crippen LogP contribution in [-0.2, 0) is 28.7 Å². The molecule has 0 aromatic carbocycles. The van der Waals surface area contributed by atoms with E-state index < -0.39 is 0 Å². The fourth-order valence-electron chi connectivity index (χ4n) is 6.28. The molecule has 6 atom stereocenters. The second-order valence-electron chi connectivity index (χ2n) is 9.04. The molecule has 3 saturated carbocycles. The first-order valence-corrected chi connectivity index (χ1v) is 11.8. The Morgan fingerprint density at radius 1 is 0.839 bits per heavy atom. The van der Waals surface area contributed by atoms with E-state index in [2.05, 4.69) is 10.6 Å². The standard InChI is InChI=1S/C23H36N2O6/c1-3-30-20(27)7-9-24-19(26)13-14-5-6-16-15-11-17(22(14)16)18(12-15)23(29)25-10-8-21(28)31-4-2/h14-18,22H,3-13H2,1-2H3,(H,24,26)(H,25,29). The fraction of sp³-hybridized carbons (Fsp3) is 0.826. The summed E-state index contributed by atoms with van der Waals surface area (Å²) in [6, 6.07) is 0. The molecule has 3 fully saturated rings. The number of carbonyl (C=O) groups excluding carboxylic acids is 4. The SMILES string of the molecule is CCOC(=O)CCNC(=O)CC1CCC2C3CC(C(=O)NCCC(=O)OCC)C(C3)C12. The highest BCUT2D eigenvalue weighted by molar-refractivity contribution is 5.80. The number of hydrogen-bond donors (Lipinski definition) is 2. The lowest BCUT2D eigenvalue weighted by Gasteiger charge is -2.34. The van der Waals surface area contributed by atoms with Crippen LogP contribution in [-0.4, -0.2) is 50.1 Å². The Kier molecular flexibility index (Phi) is 8.32. The van der Waals surface area contributed by atoms with Crippen molar-refractivity contribution in [2.24, 2.45) is 35.5 Å². The molecule has 31 heavy (non-hydrogen) atoms. The van der Waals surface area contributed by atoms with Crippen LogP contribution in [0.3, 0.4) is 0 Å². The molecule has 3 rings (SSSR count). The van der Waals surface area contributed by atoms with Gasteiger partial charge in [-0.3, -0.25) is 19.2 Å². The number of nitrogens with one attached hydrogen (secondary N) is 2. The first kappa shape index (κ1) is 23.5. The summed E-state index contributed by atoms with van der Waals surface area (Å²) in [5.74, 6) is 1.69. The Hall–Kier alpha value is -2.12. The number of rotatable bonds is 11. The molecule has 8 nitrogen and oxygen atoms in total. The highest BCUT2D eigenvalue weighted by Crippen LogP contribution is 2.63. The average Bonchev–Trinajstić information content (AvgIpc) is 3.41. The molecule has 174 valence electrons. The van der Waals surface area contributed by atoms with Crippen molar-refractivity contribution in [2.75, 3.05) is 26.3 Å². The van der Waals surface area contributed by atoms with Crippen LogP contribution >= 0.6 is 0 Å². The quantitative estimate of drug-likeness (QED) is 0.478. The van der Waals surface area contributed by atoms with Gasteiger partial charge in [0.2, 0.25) is 11.8 Å². The second kappa shape index (κ2) is 11.0. The maximum Gasteiger partial charge on any atom is 0.307 e. The van der Waals surface area contributed by atoms with Crippen LogP contribution in [0.15, 0.2) is 0 Å². The van der Waals surface area contributed by atoms with E-state index in [1.807, 2.05) is 0 Å². The Balaban J connectivity index is 1.46. The molecule has 0 aromatic heterocycles. The van der Waals surface area contributed by atoms with E-state index in [0.29, 0.717) is 62.3 Å². The zero-order valence-electron chi connectivity index (χ0n) is 18.7. The lowest BCUT2D eigenvalue weighted by atomic mass is 9.71. The molecule has 2 N–H and O–H groups in total. The lowest BCUT2D eigenvalue weighted by molar-refractivity contribution is -0.144.